The van der Waals surface area contributed by atoms with E-state index in [1.807, 2.05) is 13.0 Å². The van der Waals surface area contributed by atoms with E-state index in [0.717, 1.165) is 31.6 Å². The lowest BCUT2D eigenvalue weighted by atomic mass is 10.3. The summed E-state index contributed by atoms with van der Waals surface area (Å²) < 4.78 is 5.37. The summed E-state index contributed by atoms with van der Waals surface area (Å²) in [6.45, 7) is 3.72. The largest absolute Gasteiger partial charge is 0.392 e. The smallest absolute Gasteiger partial charge is 0.108 e. The van der Waals surface area contributed by atoms with E-state index < -0.39 is 0 Å². The van der Waals surface area contributed by atoms with Crippen LogP contribution in [0.15, 0.2) is 11.6 Å². The third-order valence-electron chi connectivity index (χ3n) is 1.98. The third kappa shape index (κ3) is 3.34. The lowest BCUT2D eigenvalue weighted by molar-refractivity contribution is 0.0873. The second-order valence-electron chi connectivity index (χ2n) is 3.12. The molecular weight excluding hydrogens is 154 g/mol. The fraction of sp³-hybridized carbons (Fsp3) is 0.778. The fourth-order valence-corrected chi connectivity index (χ4v) is 1.17. The van der Waals surface area contributed by atoms with Crippen LogP contribution in [-0.2, 0) is 4.74 Å². The van der Waals surface area contributed by atoms with Crippen molar-refractivity contribution in [2.45, 2.75) is 26.0 Å². The van der Waals surface area contributed by atoms with E-state index in [1.165, 1.54) is 0 Å². The molecule has 0 amide bonds. The number of aliphatic hydroxyl groups excluding tert-OH is 1. The van der Waals surface area contributed by atoms with Gasteiger partial charge in [0.05, 0.1) is 6.61 Å². The van der Waals surface area contributed by atoms with Gasteiger partial charge in [-0.2, -0.15) is 0 Å². The molecule has 1 unspecified atom stereocenters. The summed E-state index contributed by atoms with van der Waals surface area (Å²) in [4.78, 5) is 0. The zero-order valence-corrected chi connectivity index (χ0v) is 7.55. The first kappa shape index (κ1) is 9.71. The van der Waals surface area contributed by atoms with Crippen LogP contribution in [0.25, 0.3) is 0 Å². The summed E-state index contributed by atoms with van der Waals surface area (Å²) in [6.07, 6.45) is 4.47. The molecule has 70 valence electrons. The van der Waals surface area contributed by atoms with Gasteiger partial charge in [0, 0.05) is 13.2 Å². The van der Waals surface area contributed by atoms with Gasteiger partial charge < -0.3 is 9.84 Å². The molecule has 2 N–H and O–H groups in total. The normalized spacial score (nSPS) is 24.8. The number of rotatable bonds is 4. The van der Waals surface area contributed by atoms with Crippen molar-refractivity contribution in [3.05, 3.63) is 11.6 Å². The van der Waals surface area contributed by atoms with E-state index in [4.69, 9.17) is 9.84 Å². The van der Waals surface area contributed by atoms with Gasteiger partial charge in [-0.3, -0.25) is 5.32 Å². The predicted octanol–water partition coefficient (Wildman–Crippen LogP) is 0.651. The van der Waals surface area contributed by atoms with Crippen molar-refractivity contribution in [3.8, 4) is 0 Å². The zero-order chi connectivity index (χ0) is 8.81. The maximum Gasteiger partial charge on any atom is 0.108 e. The Morgan fingerprint density at radius 1 is 1.75 bits per heavy atom. The Morgan fingerprint density at radius 3 is 3.17 bits per heavy atom. The van der Waals surface area contributed by atoms with E-state index in [2.05, 4.69) is 5.32 Å². The molecule has 12 heavy (non-hydrogen) atoms. The molecule has 0 aliphatic carbocycles. The third-order valence-corrected chi connectivity index (χ3v) is 1.98. The summed E-state index contributed by atoms with van der Waals surface area (Å²) in [6, 6.07) is 0. The van der Waals surface area contributed by atoms with Crippen LogP contribution in [0.3, 0.4) is 0 Å². The minimum atomic E-state index is 0.146. The van der Waals surface area contributed by atoms with Crippen LogP contribution < -0.4 is 5.32 Å². The van der Waals surface area contributed by atoms with Crippen molar-refractivity contribution in [2.75, 3.05) is 19.8 Å². The molecule has 0 radical (unpaired) electrons. The summed E-state index contributed by atoms with van der Waals surface area (Å²) in [5.41, 5.74) is 1.00. The van der Waals surface area contributed by atoms with Crippen molar-refractivity contribution >= 4 is 0 Å². The molecule has 1 saturated heterocycles. The predicted molar refractivity (Wildman–Crippen MR) is 47.8 cm³/mol. The highest BCUT2D eigenvalue weighted by Crippen LogP contribution is 2.08. The lowest BCUT2D eigenvalue weighted by Gasteiger charge is -2.09. The van der Waals surface area contributed by atoms with Gasteiger partial charge in [-0.25, -0.2) is 0 Å². The maximum atomic E-state index is 8.70. The van der Waals surface area contributed by atoms with Gasteiger partial charge in [0.25, 0.3) is 0 Å². The quantitative estimate of drug-likeness (QED) is 0.610. The first-order chi connectivity index (χ1) is 5.83. The van der Waals surface area contributed by atoms with Gasteiger partial charge >= 0.3 is 0 Å². The monoisotopic (exact) mass is 171 g/mol. The molecule has 0 spiro atoms. The topological polar surface area (TPSA) is 41.5 Å². The summed E-state index contributed by atoms with van der Waals surface area (Å²) >= 11 is 0. The number of hydrogen-bond acceptors (Lipinski definition) is 3. The van der Waals surface area contributed by atoms with Crippen molar-refractivity contribution < 1.29 is 9.84 Å². The van der Waals surface area contributed by atoms with Gasteiger partial charge in [-0.15, -0.1) is 0 Å². The Kier molecular flexibility index (Phi) is 4.29. The minimum Gasteiger partial charge on any atom is -0.392 e. The SMILES string of the molecule is C/C(=C/CNC1CCCO1)CO. The molecule has 0 aromatic carbocycles. The van der Waals surface area contributed by atoms with Gasteiger partial charge in [-0.1, -0.05) is 11.6 Å². The van der Waals surface area contributed by atoms with Crippen LogP contribution in [0.2, 0.25) is 0 Å². The molecule has 3 heteroatoms. The Morgan fingerprint density at radius 2 is 2.58 bits per heavy atom. The first-order valence-electron chi connectivity index (χ1n) is 4.44. The van der Waals surface area contributed by atoms with Crippen molar-refractivity contribution in [2.24, 2.45) is 0 Å². The van der Waals surface area contributed by atoms with Gasteiger partial charge in [0.15, 0.2) is 0 Å². The molecule has 1 fully saturated rings. The molecule has 1 atom stereocenters. The van der Waals surface area contributed by atoms with Crippen LogP contribution in [-0.4, -0.2) is 31.1 Å². The zero-order valence-electron chi connectivity index (χ0n) is 7.55. The summed E-state index contributed by atoms with van der Waals surface area (Å²) in [5.74, 6) is 0. The molecule has 0 bridgehead atoms. The van der Waals surface area contributed by atoms with E-state index in [0.29, 0.717) is 0 Å². The Bertz CT molecular complexity index is 151. The van der Waals surface area contributed by atoms with Crippen LogP contribution in [0.1, 0.15) is 19.8 Å². The van der Waals surface area contributed by atoms with Crippen LogP contribution >= 0.6 is 0 Å². The Balaban J connectivity index is 2.08. The average molecular weight is 171 g/mol. The minimum absolute atomic E-state index is 0.146. The molecular formula is C9H17NO2. The lowest BCUT2D eigenvalue weighted by Crippen LogP contribution is -2.28. The highest BCUT2D eigenvalue weighted by molar-refractivity contribution is 4.98. The number of hydrogen-bond donors (Lipinski definition) is 2. The van der Waals surface area contributed by atoms with E-state index in [-0.39, 0.29) is 12.8 Å². The van der Waals surface area contributed by atoms with E-state index in [9.17, 15) is 0 Å². The van der Waals surface area contributed by atoms with Gasteiger partial charge in [-0.05, 0) is 19.8 Å². The van der Waals surface area contributed by atoms with Crippen molar-refractivity contribution in [1.29, 1.82) is 0 Å². The molecule has 0 aromatic heterocycles. The summed E-state index contributed by atoms with van der Waals surface area (Å²) in [5, 5.41) is 11.9. The molecule has 1 aliphatic rings. The number of ether oxygens (including phenoxy) is 1. The molecule has 0 saturated carbocycles. The fourth-order valence-electron chi connectivity index (χ4n) is 1.17. The summed E-state index contributed by atoms with van der Waals surface area (Å²) in [7, 11) is 0. The average Bonchev–Trinajstić information content (AvgIpc) is 2.57. The highest BCUT2D eigenvalue weighted by atomic mass is 16.5. The first-order valence-corrected chi connectivity index (χ1v) is 4.44. The van der Waals surface area contributed by atoms with E-state index in [1.54, 1.807) is 0 Å². The second-order valence-corrected chi connectivity index (χ2v) is 3.12. The Labute approximate surface area is 73.4 Å². The van der Waals surface area contributed by atoms with Gasteiger partial charge in [0.1, 0.15) is 6.23 Å². The highest BCUT2D eigenvalue weighted by Gasteiger charge is 2.12. The van der Waals surface area contributed by atoms with Gasteiger partial charge in [0.2, 0.25) is 0 Å². The van der Waals surface area contributed by atoms with Crippen LogP contribution in [0.4, 0.5) is 0 Å². The van der Waals surface area contributed by atoms with Crippen molar-refractivity contribution in [3.63, 3.8) is 0 Å². The van der Waals surface area contributed by atoms with Crippen molar-refractivity contribution in [1.82, 2.24) is 5.32 Å². The standard InChI is InChI=1S/C9H17NO2/c1-8(7-11)4-5-10-9-3-2-6-12-9/h4,9-11H,2-3,5-7H2,1H3/b8-4-. The van der Waals surface area contributed by atoms with Crippen LogP contribution in [0.5, 0.6) is 0 Å². The van der Waals surface area contributed by atoms with E-state index >= 15 is 0 Å². The number of aliphatic hydroxyl groups is 1. The molecule has 1 aliphatic heterocycles. The number of nitrogens with one attached hydrogen (secondary N) is 1. The second kappa shape index (κ2) is 5.30. The Hall–Kier alpha value is -0.380. The van der Waals surface area contributed by atoms with Crippen LogP contribution in [0, 0.1) is 0 Å². The molecule has 3 nitrogen and oxygen atoms in total. The maximum absolute atomic E-state index is 8.70. The molecule has 1 rings (SSSR count). The molecule has 1 heterocycles. The molecule has 0 aromatic rings.